The third kappa shape index (κ3) is 4.47. The van der Waals surface area contributed by atoms with Crippen LogP contribution in [-0.4, -0.2) is 23.8 Å². The predicted molar refractivity (Wildman–Crippen MR) is 87.0 cm³/mol. The summed E-state index contributed by atoms with van der Waals surface area (Å²) in [6.45, 7) is 1.96. The van der Waals surface area contributed by atoms with E-state index >= 15 is 0 Å². The van der Waals surface area contributed by atoms with Crippen molar-refractivity contribution in [3.8, 4) is 0 Å². The molecule has 108 valence electrons. The number of nitrogens with one attached hydrogen (secondary N) is 1. The van der Waals surface area contributed by atoms with Gasteiger partial charge in [0.15, 0.2) is 0 Å². The van der Waals surface area contributed by atoms with Crippen LogP contribution in [0.3, 0.4) is 0 Å². The minimum absolute atomic E-state index is 0.465. The fourth-order valence-corrected chi connectivity index (χ4v) is 4.18. The highest BCUT2D eigenvalue weighted by Gasteiger charge is 2.30. The van der Waals surface area contributed by atoms with Gasteiger partial charge in [-0.25, -0.2) is 0 Å². The van der Waals surface area contributed by atoms with Crippen molar-refractivity contribution in [3.05, 3.63) is 23.7 Å². The topological polar surface area (TPSA) is 25.2 Å². The molecule has 1 aromatic heterocycles. The molecule has 1 saturated carbocycles. The van der Waals surface area contributed by atoms with E-state index < -0.39 is 0 Å². The van der Waals surface area contributed by atoms with Crippen molar-refractivity contribution in [3.63, 3.8) is 0 Å². The van der Waals surface area contributed by atoms with Crippen molar-refractivity contribution < 1.29 is 4.42 Å². The number of hydrogen-bond donors (Lipinski definition) is 1. The second kappa shape index (κ2) is 7.65. The van der Waals surface area contributed by atoms with Gasteiger partial charge in [0, 0.05) is 11.3 Å². The van der Waals surface area contributed by atoms with Crippen LogP contribution >= 0.6 is 23.5 Å². The van der Waals surface area contributed by atoms with Gasteiger partial charge in [-0.2, -0.15) is 23.5 Å². The van der Waals surface area contributed by atoms with Crippen LogP contribution in [0.1, 0.15) is 43.6 Å². The lowest BCUT2D eigenvalue weighted by Crippen LogP contribution is -2.39. The zero-order chi connectivity index (χ0) is 13.6. The molecule has 1 heterocycles. The number of thioether (sulfide) groups is 2. The van der Waals surface area contributed by atoms with Crippen LogP contribution in [0.4, 0.5) is 0 Å². The van der Waals surface area contributed by atoms with E-state index in [0.717, 1.165) is 30.4 Å². The molecule has 0 aliphatic heterocycles. The van der Waals surface area contributed by atoms with E-state index in [1.54, 1.807) is 11.8 Å². The molecule has 1 N–H and O–H groups in total. The molecule has 4 heteroatoms. The van der Waals surface area contributed by atoms with E-state index in [1.807, 2.05) is 11.8 Å². The highest BCUT2D eigenvalue weighted by molar-refractivity contribution is 8.00. The summed E-state index contributed by atoms with van der Waals surface area (Å²) in [4.78, 5) is 0. The van der Waals surface area contributed by atoms with Gasteiger partial charge in [-0.05, 0) is 37.5 Å². The number of rotatable bonds is 7. The Balaban J connectivity index is 1.78. The molecule has 0 radical (unpaired) electrons. The van der Waals surface area contributed by atoms with Crippen LogP contribution in [0.25, 0.3) is 0 Å². The first-order valence-electron chi connectivity index (χ1n) is 7.10. The van der Waals surface area contributed by atoms with Crippen molar-refractivity contribution in [2.24, 2.45) is 0 Å². The van der Waals surface area contributed by atoms with Crippen LogP contribution in [0.5, 0.6) is 0 Å². The summed E-state index contributed by atoms with van der Waals surface area (Å²) in [7, 11) is 0. The zero-order valence-corrected chi connectivity index (χ0v) is 13.7. The predicted octanol–water partition coefficient (Wildman–Crippen LogP) is 4.30. The zero-order valence-electron chi connectivity index (χ0n) is 12.0. The summed E-state index contributed by atoms with van der Waals surface area (Å²) in [5.41, 5.74) is 0. The summed E-state index contributed by atoms with van der Waals surface area (Å²) in [6, 6.07) is 4.20. The lowest BCUT2D eigenvalue weighted by atomic mass is 9.88. The molecular weight excluding hydrogens is 274 g/mol. The van der Waals surface area contributed by atoms with Gasteiger partial charge in [-0.3, -0.25) is 0 Å². The van der Waals surface area contributed by atoms with E-state index in [9.17, 15) is 0 Å². The Hall–Kier alpha value is -0.0600. The summed E-state index contributed by atoms with van der Waals surface area (Å²) < 4.78 is 6.26. The van der Waals surface area contributed by atoms with E-state index in [2.05, 4.69) is 30.0 Å². The third-order valence-electron chi connectivity index (χ3n) is 3.95. The molecule has 1 fully saturated rings. The van der Waals surface area contributed by atoms with Crippen molar-refractivity contribution in [1.82, 2.24) is 5.32 Å². The average Bonchev–Trinajstić information content (AvgIpc) is 2.88. The second-order valence-corrected chi connectivity index (χ2v) is 7.49. The SMILES string of the molecule is CSCc1ccc(CNCC2(SC)CCCCC2)o1. The average molecular weight is 300 g/mol. The number of hydrogen-bond acceptors (Lipinski definition) is 4. The van der Waals surface area contributed by atoms with Crippen LogP contribution in [-0.2, 0) is 12.3 Å². The molecule has 0 unspecified atom stereocenters. The molecule has 0 amide bonds. The first kappa shape index (κ1) is 15.3. The molecule has 1 aliphatic rings. The summed E-state index contributed by atoms with van der Waals surface area (Å²) in [5.74, 6) is 3.12. The Morgan fingerprint density at radius 3 is 2.58 bits per heavy atom. The van der Waals surface area contributed by atoms with Gasteiger partial charge in [0.2, 0.25) is 0 Å². The van der Waals surface area contributed by atoms with Gasteiger partial charge >= 0.3 is 0 Å². The van der Waals surface area contributed by atoms with Gasteiger partial charge < -0.3 is 9.73 Å². The van der Waals surface area contributed by atoms with Gasteiger partial charge in [0.1, 0.15) is 11.5 Å². The molecule has 2 rings (SSSR count). The molecule has 0 bridgehead atoms. The molecular formula is C15H25NOS2. The van der Waals surface area contributed by atoms with Crippen molar-refractivity contribution in [1.29, 1.82) is 0 Å². The summed E-state index contributed by atoms with van der Waals surface area (Å²) in [5, 5.41) is 3.60. The maximum absolute atomic E-state index is 5.79. The first-order chi connectivity index (χ1) is 9.28. The monoisotopic (exact) mass is 299 g/mol. The van der Waals surface area contributed by atoms with Gasteiger partial charge in [0.05, 0.1) is 12.3 Å². The highest BCUT2D eigenvalue weighted by Crippen LogP contribution is 2.37. The lowest BCUT2D eigenvalue weighted by molar-refractivity contribution is 0.370. The largest absolute Gasteiger partial charge is 0.464 e. The Morgan fingerprint density at radius 2 is 1.89 bits per heavy atom. The molecule has 1 aromatic rings. The number of furan rings is 1. The fourth-order valence-electron chi connectivity index (χ4n) is 2.80. The normalized spacial score (nSPS) is 18.6. The van der Waals surface area contributed by atoms with Crippen LogP contribution in [0.2, 0.25) is 0 Å². The molecule has 2 nitrogen and oxygen atoms in total. The Labute approximate surface area is 125 Å². The standard InChI is InChI=1S/C15H25NOS2/c1-18-11-14-7-6-13(17-14)10-16-12-15(19-2)8-4-3-5-9-15/h6-7,16H,3-5,8-12H2,1-2H3. The molecule has 19 heavy (non-hydrogen) atoms. The minimum Gasteiger partial charge on any atom is -0.464 e. The van der Waals surface area contributed by atoms with E-state index in [1.165, 1.54) is 32.1 Å². The third-order valence-corrected chi connectivity index (χ3v) is 5.94. The van der Waals surface area contributed by atoms with Gasteiger partial charge in [-0.1, -0.05) is 19.3 Å². The van der Waals surface area contributed by atoms with Gasteiger partial charge in [-0.15, -0.1) is 0 Å². The fraction of sp³-hybridized carbons (Fsp3) is 0.733. The Bertz CT molecular complexity index is 372. The van der Waals surface area contributed by atoms with Crippen LogP contribution in [0, 0.1) is 0 Å². The smallest absolute Gasteiger partial charge is 0.118 e. The summed E-state index contributed by atoms with van der Waals surface area (Å²) >= 11 is 3.85. The Morgan fingerprint density at radius 1 is 1.16 bits per heavy atom. The van der Waals surface area contributed by atoms with Crippen molar-refractivity contribution >= 4 is 23.5 Å². The summed E-state index contributed by atoms with van der Waals surface area (Å²) in [6.07, 6.45) is 11.3. The quantitative estimate of drug-likeness (QED) is 0.811. The second-order valence-electron chi connectivity index (χ2n) is 5.35. The van der Waals surface area contributed by atoms with Crippen molar-refractivity contribution in [2.45, 2.75) is 49.1 Å². The van der Waals surface area contributed by atoms with E-state index in [4.69, 9.17) is 4.42 Å². The maximum atomic E-state index is 5.79. The lowest BCUT2D eigenvalue weighted by Gasteiger charge is -2.35. The highest BCUT2D eigenvalue weighted by atomic mass is 32.2. The molecule has 1 aliphatic carbocycles. The van der Waals surface area contributed by atoms with E-state index in [-0.39, 0.29) is 0 Å². The van der Waals surface area contributed by atoms with Crippen LogP contribution < -0.4 is 5.32 Å². The molecule has 0 atom stereocenters. The maximum Gasteiger partial charge on any atom is 0.118 e. The van der Waals surface area contributed by atoms with Crippen LogP contribution in [0.15, 0.2) is 16.5 Å². The molecule has 0 aromatic carbocycles. The Kier molecular flexibility index (Phi) is 6.17. The first-order valence-corrected chi connectivity index (χ1v) is 9.72. The minimum atomic E-state index is 0.465. The molecule has 0 saturated heterocycles. The van der Waals surface area contributed by atoms with E-state index in [0.29, 0.717) is 4.75 Å². The van der Waals surface area contributed by atoms with Gasteiger partial charge in [0.25, 0.3) is 0 Å². The van der Waals surface area contributed by atoms with Crippen molar-refractivity contribution in [2.75, 3.05) is 19.1 Å². The molecule has 0 spiro atoms.